The van der Waals surface area contributed by atoms with Gasteiger partial charge in [-0.3, -0.25) is 4.90 Å². The van der Waals surface area contributed by atoms with Crippen LogP contribution in [0.2, 0.25) is 0 Å². The van der Waals surface area contributed by atoms with Gasteiger partial charge in [0.2, 0.25) is 0 Å². The third kappa shape index (κ3) is 5.67. The number of nitrogens with one attached hydrogen (secondary N) is 1. The average Bonchev–Trinajstić information content (AvgIpc) is 3.18. The van der Waals surface area contributed by atoms with E-state index in [1.165, 1.54) is 6.42 Å². The molecular formula is C17H32IN7. The van der Waals surface area contributed by atoms with Crippen LogP contribution in [0.3, 0.4) is 0 Å². The number of likely N-dealkylation sites (tertiary alicyclic amines) is 1. The first-order chi connectivity index (χ1) is 11.6. The van der Waals surface area contributed by atoms with E-state index < -0.39 is 0 Å². The lowest BCUT2D eigenvalue weighted by molar-refractivity contribution is 0.223. The molecule has 142 valence electrons. The Balaban J connectivity index is 0.00000312. The van der Waals surface area contributed by atoms with Gasteiger partial charge < -0.3 is 14.8 Å². The van der Waals surface area contributed by atoms with Crippen molar-refractivity contribution in [3.05, 3.63) is 24.3 Å². The second-order valence-corrected chi connectivity index (χ2v) is 6.14. The summed E-state index contributed by atoms with van der Waals surface area (Å²) >= 11 is 0. The molecule has 1 aromatic heterocycles. The summed E-state index contributed by atoms with van der Waals surface area (Å²) < 4.78 is 1.98. The summed E-state index contributed by atoms with van der Waals surface area (Å²) in [4.78, 5) is 9.64. The van der Waals surface area contributed by atoms with Crippen molar-refractivity contribution in [1.29, 1.82) is 0 Å². The van der Waals surface area contributed by atoms with Crippen LogP contribution in [0.1, 0.15) is 31.9 Å². The quantitative estimate of drug-likeness (QED) is 0.291. The van der Waals surface area contributed by atoms with Crippen molar-refractivity contribution in [1.82, 2.24) is 29.9 Å². The van der Waals surface area contributed by atoms with Gasteiger partial charge in [-0.05, 0) is 26.4 Å². The molecule has 2 rings (SSSR count). The second-order valence-electron chi connectivity index (χ2n) is 6.14. The minimum absolute atomic E-state index is 0. The molecular weight excluding hydrogens is 429 g/mol. The summed E-state index contributed by atoms with van der Waals surface area (Å²) in [7, 11) is 1.98. The number of rotatable bonds is 7. The molecule has 0 radical (unpaired) electrons. The summed E-state index contributed by atoms with van der Waals surface area (Å²) in [5.41, 5.74) is 0. The maximum absolute atomic E-state index is 4.77. The molecule has 0 aliphatic carbocycles. The maximum atomic E-state index is 4.77. The lowest BCUT2D eigenvalue weighted by Gasteiger charge is -2.27. The fraction of sp³-hybridized carbons (Fsp3) is 0.706. The van der Waals surface area contributed by atoms with Crippen molar-refractivity contribution in [2.75, 3.05) is 32.7 Å². The SMILES string of the molecule is C=CCNC(=NCc1nnc(C)n1C)N1CCC(N(CC)CC)C1.I. The summed E-state index contributed by atoms with van der Waals surface area (Å²) in [5, 5.41) is 11.7. The lowest BCUT2D eigenvalue weighted by Crippen LogP contribution is -2.43. The van der Waals surface area contributed by atoms with E-state index in [0.29, 0.717) is 19.1 Å². The van der Waals surface area contributed by atoms with Crippen LogP contribution in [0.4, 0.5) is 0 Å². The molecule has 1 aliphatic heterocycles. The monoisotopic (exact) mass is 461 g/mol. The summed E-state index contributed by atoms with van der Waals surface area (Å²) in [6.07, 6.45) is 3.04. The third-order valence-corrected chi connectivity index (χ3v) is 4.75. The largest absolute Gasteiger partial charge is 0.353 e. The molecule has 0 aromatic carbocycles. The fourth-order valence-corrected chi connectivity index (χ4v) is 3.14. The van der Waals surface area contributed by atoms with Gasteiger partial charge in [0.05, 0.1) is 0 Å². The number of hydrogen-bond acceptors (Lipinski definition) is 4. The molecule has 0 saturated carbocycles. The van der Waals surface area contributed by atoms with Crippen LogP contribution in [-0.2, 0) is 13.6 Å². The predicted octanol–water partition coefficient (Wildman–Crippen LogP) is 1.79. The highest BCUT2D eigenvalue weighted by molar-refractivity contribution is 14.0. The molecule has 0 spiro atoms. The van der Waals surface area contributed by atoms with Gasteiger partial charge in [0.25, 0.3) is 0 Å². The van der Waals surface area contributed by atoms with Gasteiger partial charge in [-0.2, -0.15) is 0 Å². The van der Waals surface area contributed by atoms with E-state index in [4.69, 9.17) is 4.99 Å². The zero-order valence-electron chi connectivity index (χ0n) is 15.9. The van der Waals surface area contributed by atoms with Gasteiger partial charge in [-0.25, -0.2) is 4.99 Å². The summed E-state index contributed by atoms with van der Waals surface area (Å²) in [6, 6.07) is 0.604. The molecule has 1 unspecified atom stereocenters. The molecule has 0 bridgehead atoms. The van der Waals surface area contributed by atoms with Gasteiger partial charge >= 0.3 is 0 Å². The van der Waals surface area contributed by atoms with Crippen LogP contribution in [0.25, 0.3) is 0 Å². The smallest absolute Gasteiger partial charge is 0.194 e. The van der Waals surface area contributed by atoms with E-state index >= 15 is 0 Å². The van der Waals surface area contributed by atoms with Crippen LogP contribution in [0, 0.1) is 6.92 Å². The standard InChI is InChI=1S/C17H31N7.HI/c1-6-10-18-17(19-12-16-21-20-14(4)22(16)5)24-11-9-15(13-24)23(7-2)8-3;/h6,15H,1,7-13H2,2-5H3,(H,18,19);1H. The Kier molecular flexibility index (Phi) is 9.41. The molecule has 1 saturated heterocycles. The van der Waals surface area contributed by atoms with Crippen molar-refractivity contribution in [3.8, 4) is 0 Å². The van der Waals surface area contributed by atoms with Gasteiger partial charge in [0.15, 0.2) is 11.8 Å². The van der Waals surface area contributed by atoms with Gasteiger partial charge in [0, 0.05) is 32.7 Å². The number of aromatic nitrogens is 3. The number of halogens is 1. The van der Waals surface area contributed by atoms with Gasteiger partial charge in [0.1, 0.15) is 12.4 Å². The summed E-state index contributed by atoms with van der Waals surface area (Å²) in [5.74, 6) is 2.72. The minimum atomic E-state index is 0. The normalized spacial score (nSPS) is 17.7. The number of nitrogens with zero attached hydrogens (tertiary/aromatic N) is 6. The van der Waals surface area contributed by atoms with E-state index in [1.807, 2.05) is 24.6 Å². The Morgan fingerprint density at radius 2 is 2.12 bits per heavy atom. The number of aliphatic imine (C=N–C) groups is 1. The Morgan fingerprint density at radius 3 is 2.68 bits per heavy atom. The number of likely N-dealkylation sites (N-methyl/N-ethyl adjacent to an activating group) is 1. The first-order valence-electron chi connectivity index (χ1n) is 8.83. The molecule has 1 atom stereocenters. The van der Waals surface area contributed by atoms with Crippen LogP contribution in [0.15, 0.2) is 17.6 Å². The van der Waals surface area contributed by atoms with Crippen LogP contribution < -0.4 is 5.32 Å². The molecule has 0 amide bonds. The molecule has 1 aromatic rings. The van der Waals surface area contributed by atoms with Crippen molar-refractivity contribution >= 4 is 29.9 Å². The van der Waals surface area contributed by atoms with E-state index in [9.17, 15) is 0 Å². The van der Waals surface area contributed by atoms with Crippen LogP contribution >= 0.6 is 24.0 Å². The molecule has 7 nitrogen and oxygen atoms in total. The highest BCUT2D eigenvalue weighted by Gasteiger charge is 2.28. The van der Waals surface area contributed by atoms with Gasteiger partial charge in [-0.15, -0.1) is 40.8 Å². The highest BCUT2D eigenvalue weighted by Crippen LogP contribution is 2.15. The Hall–Kier alpha value is -1.16. The first-order valence-corrected chi connectivity index (χ1v) is 8.83. The lowest BCUT2D eigenvalue weighted by atomic mass is 10.2. The fourth-order valence-electron chi connectivity index (χ4n) is 3.14. The zero-order chi connectivity index (χ0) is 17.5. The van der Waals surface area contributed by atoms with E-state index in [1.54, 1.807) is 0 Å². The van der Waals surface area contributed by atoms with Crippen LogP contribution in [-0.4, -0.2) is 69.3 Å². The minimum Gasteiger partial charge on any atom is -0.353 e. The van der Waals surface area contributed by atoms with Crippen molar-refractivity contribution in [2.45, 2.75) is 39.8 Å². The summed E-state index contributed by atoms with van der Waals surface area (Å²) in [6.45, 7) is 15.7. The Bertz CT molecular complexity index is 565. The topological polar surface area (TPSA) is 61.6 Å². The van der Waals surface area contributed by atoms with Gasteiger partial charge in [-0.1, -0.05) is 19.9 Å². The average molecular weight is 461 g/mol. The van der Waals surface area contributed by atoms with E-state index in [2.05, 4.69) is 45.7 Å². The first kappa shape index (κ1) is 21.9. The Labute approximate surface area is 168 Å². The van der Waals surface area contributed by atoms with E-state index in [0.717, 1.165) is 43.8 Å². The molecule has 1 aliphatic rings. The number of aryl methyl sites for hydroxylation is 1. The number of hydrogen-bond donors (Lipinski definition) is 1. The Morgan fingerprint density at radius 1 is 1.40 bits per heavy atom. The molecule has 2 heterocycles. The molecule has 1 fully saturated rings. The third-order valence-electron chi connectivity index (χ3n) is 4.75. The molecule has 8 heteroatoms. The molecule has 1 N–H and O–H groups in total. The molecule has 25 heavy (non-hydrogen) atoms. The highest BCUT2D eigenvalue weighted by atomic mass is 127. The zero-order valence-corrected chi connectivity index (χ0v) is 18.2. The predicted molar refractivity (Wildman–Crippen MR) is 113 cm³/mol. The van der Waals surface area contributed by atoms with E-state index in [-0.39, 0.29) is 24.0 Å². The number of guanidine groups is 1. The second kappa shape index (κ2) is 10.7. The van der Waals surface area contributed by atoms with Crippen LogP contribution in [0.5, 0.6) is 0 Å². The van der Waals surface area contributed by atoms with Crippen molar-refractivity contribution in [3.63, 3.8) is 0 Å². The maximum Gasteiger partial charge on any atom is 0.194 e. The van der Waals surface area contributed by atoms with Crippen molar-refractivity contribution in [2.24, 2.45) is 12.0 Å². The van der Waals surface area contributed by atoms with Crippen molar-refractivity contribution < 1.29 is 0 Å².